The number of ether oxygens (including phenoxy) is 1. The number of aromatic nitrogens is 2. The number of rotatable bonds is 7. The van der Waals surface area contributed by atoms with Crippen LogP contribution in [0.1, 0.15) is 56.6 Å². The highest BCUT2D eigenvalue weighted by Crippen LogP contribution is 2.33. The summed E-state index contributed by atoms with van der Waals surface area (Å²) in [6, 6.07) is 0. The first-order valence-electron chi connectivity index (χ1n) is 6.81. The van der Waals surface area contributed by atoms with E-state index in [1.54, 1.807) is 0 Å². The summed E-state index contributed by atoms with van der Waals surface area (Å²) in [5, 5.41) is 3.83. The van der Waals surface area contributed by atoms with Gasteiger partial charge in [-0.25, -0.2) is 0 Å². The first-order chi connectivity index (χ1) is 8.72. The van der Waals surface area contributed by atoms with Crippen LogP contribution in [0.2, 0.25) is 0 Å². The molecule has 0 saturated heterocycles. The molecule has 0 aliphatic heterocycles. The van der Waals surface area contributed by atoms with Gasteiger partial charge in [-0.1, -0.05) is 18.5 Å². The molecule has 0 aromatic carbocycles. The van der Waals surface area contributed by atoms with Crippen molar-refractivity contribution in [3.8, 4) is 0 Å². The molecule has 0 N–H and O–H groups in total. The van der Waals surface area contributed by atoms with Crippen LogP contribution in [0.15, 0.2) is 4.52 Å². The van der Waals surface area contributed by atoms with Gasteiger partial charge < -0.3 is 9.26 Å². The van der Waals surface area contributed by atoms with Crippen LogP contribution in [0.4, 0.5) is 0 Å². The van der Waals surface area contributed by atoms with Crippen molar-refractivity contribution < 1.29 is 9.26 Å². The third-order valence-corrected chi connectivity index (χ3v) is 3.78. The average Bonchev–Trinajstić information content (AvgIpc) is 2.75. The topological polar surface area (TPSA) is 48.2 Å². The zero-order valence-corrected chi connectivity index (χ0v) is 11.8. The summed E-state index contributed by atoms with van der Waals surface area (Å²) in [7, 11) is 0. The van der Waals surface area contributed by atoms with Crippen molar-refractivity contribution in [1.29, 1.82) is 0 Å². The number of nitrogens with zero attached hydrogens (tertiary/aromatic N) is 2. The Kier molecular flexibility index (Phi) is 5.01. The van der Waals surface area contributed by atoms with Crippen molar-refractivity contribution in [1.82, 2.24) is 10.1 Å². The predicted octanol–water partition coefficient (Wildman–Crippen LogP) is 3.51. The Balaban J connectivity index is 1.77. The summed E-state index contributed by atoms with van der Waals surface area (Å²) in [6.07, 6.45) is 5.40. The maximum absolute atomic E-state index is 6.16. The Morgan fingerprint density at radius 3 is 2.89 bits per heavy atom. The molecule has 1 unspecified atom stereocenters. The van der Waals surface area contributed by atoms with E-state index in [1.807, 2.05) is 6.92 Å². The van der Waals surface area contributed by atoms with E-state index in [4.69, 9.17) is 20.9 Å². The molecule has 1 atom stereocenters. The minimum atomic E-state index is -0.120. The zero-order chi connectivity index (χ0) is 13.0. The number of halogens is 1. The van der Waals surface area contributed by atoms with Crippen molar-refractivity contribution >= 4 is 11.6 Å². The van der Waals surface area contributed by atoms with Crippen LogP contribution in [0, 0.1) is 5.92 Å². The predicted molar refractivity (Wildman–Crippen MR) is 69.6 cm³/mol. The van der Waals surface area contributed by atoms with Crippen molar-refractivity contribution in [2.75, 3.05) is 6.61 Å². The Morgan fingerprint density at radius 2 is 2.22 bits per heavy atom. The van der Waals surface area contributed by atoms with Gasteiger partial charge in [-0.15, -0.1) is 11.6 Å². The Morgan fingerprint density at radius 1 is 1.44 bits per heavy atom. The van der Waals surface area contributed by atoms with Crippen molar-refractivity contribution in [2.24, 2.45) is 5.92 Å². The minimum Gasteiger partial charge on any atom is -0.378 e. The van der Waals surface area contributed by atoms with Crippen molar-refractivity contribution in [3.63, 3.8) is 0 Å². The molecule has 102 valence electrons. The van der Waals surface area contributed by atoms with Crippen molar-refractivity contribution in [3.05, 3.63) is 11.7 Å². The smallest absolute Gasteiger partial charge is 0.226 e. The van der Waals surface area contributed by atoms with Gasteiger partial charge in [0.2, 0.25) is 5.89 Å². The van der Waals surface area contributed by atoms with Gasteiger partial charge in [0.05, 0.1) is 11.5 Å². The van der Waals surface area contributed by atoms with Crippen LogP contribution in [0.5, 0.6) is 0 Å². The zero-order valence-electron chi connectivity index (χ0n) is 11.1. The molecule has 18 heavy (non-hydrogen) atoms. The van der Waals surface area contributed by atoms with Gasteiger partial charge in [-0.2, -0.15) is 4.98 Å². The minimum absolute atomic E-state index is 0.120. The second kappa shape index (κ2) is 6.53. The van der Waals surface area contributed by atoms with Gasteiger partial charge in [0.15, 0.2) is 5.82 Å². The van der Waals surface area contributed by atoms with Gasteiger partial charge >= 0.3 is 0 Å². The van der Waals surface area contributed by atoms with Crippen molar-refractivity contribution in [2.45, 2.75) is 57.4 Å². The van der Waals surface area contributed by atoms with E-state index < -0.39 is 0 Å². The third-order valence-electron chi connectivity index (χ3n) is 3.36. The Bertz CT molecular complexity index is 364. The highest BCUT2D eigenvalue weighted by molar-refractivity contribution is 6.20. The maximum Gasteiger partial charge on any atom is 0.226 e. The fourth-order valence-corrected chi connectivity index (χ4v) is 2.63. The summed E-state index contributed by atoms with van der Waals surface area (Å²) in [6.45, 7) is 4.93. The molecule has 1 aliphatic rings. The summed E-state index contributed by atoms with van der Waals surface area (Å²) < 4.78 is 10.8. The number of hydrogen-bond donors (Lipinski definition) is 0. The molecular weight excluding hydrogens is 252 g/mol. The molecule has 1 aromatic heterocycles. The quantitative estimate of drug-likeness (QED) is 0.713. The standard InChI is InChI=1S/C13H21ClN2O2/c1-3-5-11(14)13-15-12(18-16-13)8-9-6-10(7-9)17-4-2/h9-11H,3-8H2,1-2H3. The van der Waals surface area contributed by atoms with Gasteiger partial charge in [0.1, 0.15) is 0 Å². The van der Waals surface area contributed by atoms with Gasteiger partial charge in [-0.3, -0.25) is 0 Å². The number of alkyl halides is 1. The lowest BCUT2D eigenvalue weighted by Gasteiger charge is -2.33. The highest BCUT2D eigenvalue weighted by atomic mass is 35.5. The van der Waals surface area contributed by atoms with E-state index in [1.165, 1.54) is 0 Å². The van der Waals surface area contributed by atoms with Crippen LogP contribution in [-0.2, 0) is 11.2 Å². The highest BCUT2D eigenvalue weighted by Gasteiger charge is 2.31. The number of hydrogen-bond acceptors (Lipinski definition) is 4. The molecule has 1 heterocycles. The third kappa shape index (κ3) is 3.45. The van der Waals surface area contributed by atoms with Gasteiger partial charge in [-0.05, 0) is 32.1 Å². The maximum atomic E-state index is 6.16. The Hall–Kier alpha value is -0.610. The molecule has 0 radical (unpaired) electrons. The summed E-state index contributed by atoms with van der Waals surface area (Å²) in [5.41, 5.74) is 0. The van der Waals surface area contributed by atoms with Crippen LogP contribution in [-0.4, -0.2) is 22.9 Å². The fourth-order valence-electron chi connectivity index (χ4n) is 2.32. The normalized spacial score (nSPS) is 24.8. The second-order valence-corrected chi connectivity index (χ2v) is 5.45. The second-order valence-electron chi connectivity index (χ2n) is 4.92. The van der Waals surface area contributed by atoms with E-state index in [0.717, 1.165) is 38.7 Å². The van der Waals surface area contributed by atoms with E-state index in [0.29, 0.717) is 23.7 Å². The lowest BCUT2D eigenvalue weighted by atomic mass is 9.80. The monoisotopic (exact) mass is 272 g/mol. The van der Waals surface area contributed by atoms with Gasteiger partial charge in [0, 0.05) is 13.0 Å². The Labute approximate surface area is 113 Å². The molecule has 0 spiro atoms. The molecule has 2 rings (SSSR count). The molecule has 0 amide bonds. The fraction of sp³-hybridized carbons (Fsp3) is 0.846. The summed E-state index contributed by atoms with van der Waals surface area (Å²) >= 11 is 6.16. The lowest BCUT2D eigenvalue weighted by Crippen LogP contribution is -2.32. The first kappa shape index (κ1) is 13.8. The molecule has 1 saturated carbocycles. The molecule has 4 nitrogen and oxygen atoms in total. The molecule has 1 aromatic rings. The summed E-state index contributed by atoms with van der Waals surface area (Å²) in [5.74, 6) is 1.97. The molecular formula is C13H21ClN2O2. The molecule has 1 aliphatic carbocycles. The van der Waals surface area contributed by atoms with Crippen LogP contribution in [0.3, 0.4) is 0 Å². The molecule has 5 heteroatoms. The van der Waals surface area contributed by atoms with Crippen LogP contribution < -0.4 is 0 Å². The summed E-state index contributed by atoms with van der Waals surface area (Å²) in [4.78, 5) is 4.37. The largest absolute Gasteiger partial charge is 0.378 e. The van der Waals surface area contributed by atoms with E-state index >= 15 is 0 Å². The molecule has 1 fully saturated rings. The SMILES string of the molecule is CCCC(Cl)c1noc(CC2CC(OCC)C2)n1. The average molecular weight is 273 g/mol. The van der Waals surface area contributed by atoms with E-state index in [9.17, 15) is 0 Å². The van der Waals surface area contributed by atoms with E-state index in [2.05, 4.69) is 17.1 Å². The van der Waals surface area contributed by atoms with Crippen LogP contribution >= 0.6 is 11.6 Å². The van der Waals surface area contributed by atoms with Crippen LogP contribution in [0.25, 0.3) is 0 Å². The molecule has 0 bridgehead atoms. The van der Waals surface area contributed by atoms with E-state index in [-0.39, 0.29) is 5.38 Å². The lowest BCUT2D eigenvalue weighted by molar-refractivity contribution is -0.0258. The first-order valence-corrected chi connectivity index (χ1v) is 7.24. The van der Waals surface area contributed by atoms with Gasteiger partial charge in [0.25, 0.3) is 0 Å².